The van der Waals surface area contributed by atoms with Crippen molar-refractivity contribution >= 4 is 35.2 Å². The van der Waals surface area contributed by atoms with Gasteiger partial charge in [0.1, 0.15) is 30.3 Å². The van der Waals surface area contributed by atoms with Gasteiger partial charge in [-0.3, -0.25) is 4.98 Å². The fourth-order valence-corrected chi connectivity index (χ4v) is 3.81. The number of fused-ring (bicyclic) bond motifs is 1. The number of nitrogens with zero attached hydrogens (tertiary/aromatic N) is 3. The first-order valence-electron chi connectivity index (χ1n) is 10.6. The second kappa shape index (κ2) is 11.6. The van der Waals surface area contributed by atoms with Crippen molar-refractivity contribution in [1.82, 2.24) is 19.5 Å². The summed E-state index contributed by atoms with van der Waals surface area (Å²) in [6, 6.07) is 5.10. The summed E-state index contributed by atoms with van der Waals surface area (Å²) in [6.07, 6.45) is 0. The number of imidazole rings is 1. The van der Waals surface area contributed by atoms with Gasteiger partial charge in [0, 0.05) is 18.7 Å². The number of methoxy groups -OCH3 is 2. The monoisotopic (exact) mass is 557 g/mol. The molecule has 0 aliphatic carbocycles. The number of hydrogen-bond donors (Lipinski definition) is 2. The molecule has 4 aromatic rings. The van der Waals surface area contributed by atoms with Gasteiger partial charge in [-0.15, -0.1) is 12.4 Å². The Hall–Kier alpha value is -3.61. The van der Waals surface area contributed by atoms with E-state index in [1.165, 1.54) is 37.0 Å². The third-order valence-electron chi connectivity index (χ3n) is 5.18. The van der Waals surface area contributed by atoms with Gasteiger partial charge in [-0.2, -0.15) is 4.98 Å². The standard InChI is InChI=1S/C23H22ClF2N5O5.ClH/c1-11-28-21-20(22(29-11)34-3)30-23(32)31(21)15-9-18(17(8-13(15)24)35-7-6-27)36-10-12-16(33-2)5-4-14(25)19(12)26;/h4-5,8-9H,6-7,10,27H2,1-3H3,(H,30,32);1H. The van der Waals surface area contributed by atoms with Crippen molar-refractivity contribution in [3.8, 4) is 28.8 Å². The molecule has 2 heterocycles. The molecule has 14 heteroatoms. The van der Waals surface area contributed by atoms with E-state index >= 15 is 0 Å². The van der Waals surface area contributed by atoms with Crippen LogP contribution in [0.5, 0.6) is 23.1 Å². The van der Waals surface area contributed by atoms with Crippen LogP contribution in [0.1, 0.15) is 11.4 Å². The summed E-state index contributed by atoms with van der Waals surface area (Å²) >= 11 is 6.52. The molecule has 0 amide bonds. The van der Waals surface area contributed by atoms with E-state index in [9.17, 15) is 13.6 Å². The molecule has 0 spiro atoms. The first-order chi connectivity index (χ1) is 17.3. The number of aryl methyl sites for hydroxylation is 1. The molecule has 0 saturated carbocycles. The molecule has 10 nitrogen and oxygen atoms in total. The minimum Gasteiger partial charge on any atom is -0.496 e. The Bertz CT molecular complexity index is 1500. The van der Waals surface area contributed by atoms with E-state index in [0.29, 0.717) is 5.82 Å². The second-order valence-corrected chi connectivity index (χ2v) is 7.87. The molecule has 4 rings (SSSR count). The van der Waals surface area contributed by atoms with E-state index < -0.39 is 23.9 Å². The van der Waals surface area contributed by atoms with Crippen LogP contribution >= 0.6 is 24.0 Å². The molecular weight excluding hydrogens is 535 g/mol. The van der Waals surface area contributed by atoms with Crippen LogP contribution in [-0.4, -0.2) is 46.9 Å². The summed E-state index contributed by atoms with van der Waals surface area (Å²) < 4.78 is 51.4. The molecule has 0 bridgehead atoms. The average molecular weight is 558 g/mol. The molecule has 0 unspecified atom stereocenters. The van der Waals surface area contributed by atoms with Crippen LogP contribution in [0, 0.1) is 18.6 Å². The molecule has 37 heavy (non-hydrogen) atoms. The van der Waals surface area contributed by atoms with Crippen molar-refractivity contribution in [2.45, 2.75) is 13.5 Å². The number of halogens is 4. The Morgan fingerprint density at radius 1 is 1.08 bits per heavy atom. The van der Waals surface area contributed by atoms with Gasteiger partial charge >= 0.3 is 5.69 Å². The summed E-state index contributed by atoms with van der Waals surface area (Å²) in [4.78, 5) is 24.1. The summed E-state index contributed by atoms with van der Waals surface area (Å²) in [5.41, 5.74) is 5.51. The molecule has 0 aliphatic rings. The fourth-order valence-electron chi connectivity index (χ4n) is 3.57. The minimum absolute atomic E-state index is 0. The highest BCUT2D eigenvalue weighted by Crippen LogP contribution is 2.37. The second-order valence-electron chi connectivity index (χ2n) is 7.46. The van der Waals surface area contributed by atoms with E-state index in [-0.39, 0.29) is 76.1 Å². The predicted molar refractivity (Wildman–Crippen MR) is 135 cm³/mol. The van der Waals surface area contributed by atoms with E-state index in [4.69, 9.17) is 36.3 Å². The van der Waals surface area contributed by atoms with Gasteiger partial charge in [0.25, 0.3) is 0 Å². The highest BCUT2D eigenvalue weighted by Gasteiger charge is 2.22. The molecule has 0 atom stereocenters. The van der Waals surface area contributed by atoms with E-state index in [0.717, 1.165) is 6.07 Å². The SMILES string of the molecule is COc1ccc(F)c(F)c1COc1cc(-n2c(=O)[nH]c3c(OC)nc(C)nc32)c(Cl)cc1OCCN.Cl. The van der Waals surface area contributed by atoms with Gasteiger partial charge < -0.3 is 24.7 Å². The number of nitrogens with two attached hydrogens (primary N) is 1. The summed E-state index contributed by atoms with van der Waals surface area (Å²) in [6.45, 7) is 1.55. The maximum Gasteiger partial charge on any atom is 0.332 e. The lowest BCUT2D eigenvalue weighted by molar-refractivity contribution is 0.256. The smallest absolute Gasteiger partial charge is 0.332 e. The first-order valence-corrected chi connectivity index (χ1v) is 11.0. The number of benzene rings is 2. The Labute approximate surface area is 220 Å². The normalized spacial score (nSPS) is 10.8. The summed E-state index contributed by atoms with van der Waals surface area (Å²) in [5.74, 6) is -1.26. The number of hydrogen-bond acceptors (Lipinski definition) is 8. The Morgan fingerprint density at radius 3 is 2.49 bits per heavy atom. The zero-order valence-electron chi connectivity index (χ0n) is 19.9. The molecule has 2 aromatic heterocycles. The number of ether oxygens (including phenoxy) is 4. The number of rotatable bonds is 9. The fraction of sp³-hybridized carbons (Fsp3) is 0.261. The molecule has 0 radical (unpaired) electrons. The van der Waals surface area contributed by atoms with Crippen LogP contribution in [0.4, 0.5) is 8.78 Å². The van der Waals surface area contributed by atoms with Crippen LogP contribution in [0.2, 0.25) is 5.02 Å². The Kier molecular flexibility index (Phi) is 8.79. The van der Waals surface area contributed by atoms with Crippen molar-refractivity contribution in [1.29, 1.82) is 0 Å². The van der Waals surface area contributed by atoms with Gasteiger partial charge in [0.2, 0.25) is 5.88 Å². The highest BCUT2D eigenvalue weighted by atomic mass is 35.5. The van der Waals surface area contributed by atoms with Crippen molar-refractivity contribution in [3.63, 3.8) is 0 Å². The topological polar surface area (TPSA) is 127 Å². The summed E-state index contributed by atoms with van der Waals surface area (Å²) in [5, 5.41) is 0.127. The van der Waals surface area contributed by atoms with Crippen molar-refractivity contribution in [2.75, 3.05) is 27.4 Å². The number of aromatic nitrogens is 4. The zero-order valence-corrected chi connectivity index (χ0v) is 21.5. The van der Waals surface area contributed by atoms with Crippen LogP contribution in [0.15, 0.2) is 29.1 Å². The molecular formula is C23H23Cl2F2N5O5. The Morgan fingerprint density at radius 2 is 1.81 bits per heavy atom. The van der Waals surface area contributed by atoms with Gasteiger partial charge in [-0.1, -0.05) is 11.6 Å². The van der Waals surface area contributed by atoms with Gasteiger partial charge in [-0.25, -0.2) is 23.1 Å². The maximum absolute atomic E-state index is 14.5. The lowest BCUT2D eigenvalue weighted by Gasteiger charge is -2.17. The lowest BCUT2D eigenvalue weighted by Crippen LogP contribution is -2.16. The highest BCUT2D eigenvalue weighted by molar-refractivity contribution is 6.32. The first kappa shape index (κ1) is 28.0. The van der Waals surface area contributed by atoms with Crippen LogP contribution in [0.3, 0.4) is 0 Å². The number of nitrogens with one attached hydrogen (secondary N) is 1. The minimum atomic E-state index is -1.11. The zero-order chi connectivity index (χ0) is 26.0. The summed E-state index contributed by atoms with van der Waals surface area (Å²) in [7, 11) is 2.74. The molecule has 0 saturated heterocycles. The Balaban J connectivity index is 0.00000380. The molecule has 2 aromatic carbocycles. The quantitative estimate of drug-likeness (QED) is 0.319. The van der Waals surface area contributed by atoms with Crippen molar-refractivity contribution in [3.05, 3.63) is 62.8 Å². The van der Waals surface area contributed by atoms with Gasteiger partial charge in [0.05, 0.1) is 30.5 Å². The molecule has 0 aliphatic heterocycles. The van der Waals surface area contributed by atoms with Gasteiger partial charge in [-0.05, 0) is 19.1 Å². The predicted octanol–water partition coefficient (Wildman–Crippen LogP) is 3.70. The van der Waals surface area contributed by atoms with E-state index in [2.05, 4.69) is 15.0 Å². The van der Waals surface area contributed by atoms with E-state index in [1.807, 2.05) is 0 Å². The molecule has 3 N–H and O–H groups in total. The molecule has 198 valence electrons. The molecule has 0 fully saturated rings. The number of H-pyrrole nitrogens is 1. The van der Waals surface area contributed by atoms with Crippen LogP contribution in [-0.2, 0) is 6.61 Å². The average Bonchev–Trinajstić information content (AvgIpc) is 3.19. The van der Waals surface area contributed by atoms with Crippen LogP contribution < -0.4 is 30.4 Å². The third-order valence-corrected chi connectivity index (χ3v) is 5.49. The third kappa shape index (κ3) is 5.41. The number of aromatic amines is 1. The maximum atomic E-state index is 14.5. The van der Waals surface area contributed by atoms with Crippen molar-refractivity contribution < 1.29 is 27.7 Å². The van der Waals surface area contributed by atoms with Crippen LogP contribution in [0.25, 0.3) is 16.9 Å². The largest absolute Gasteiger partial charge is 0.496 e. The van der Waals surface area contributed by atoms with E-state index in [1.54, 1.807) is 6.92 Å². The van der Waals surface area contributed by atoms with Gasteiger partial charge in [0.15, 0.2) is 28.8 Å². The lowest BCUT2D eigenvalue weighted by atomic mass is 10.2. The van der Waals surface area contributed by atoms with Crippen molar-refractivity contribution in [2.24, 2.45) is 5.73 Å².